The Morgan fingerprint density at radius 3 is 2.43 bits per heavy atom. The van der Waals surface area contributed by atoms with Crippen LogP contribution in [0.2, 0.25) is 0 Å². The Bertz CT molecular complexity index is 1230. The lowest BCUT2D eigenvalue weighted by molar-refractivity contribution is -0.384. The standard InChI is InChI=1S/C20H12BrNO6/c21-17-10-9-16(27-17)19-20(18(23)14-3-1-2-4-15(14)28-19)26-11-12-5-7-13(8-6-12)22(24)25/h1-10H,11H2. The zero-order valence-corrected chi connectivity index (χ0v) is 15.8. The Morgan fingerprint density at radius 1 is 1.00 bits per heavy atom. The first-order valence-electron chi connectivity index (χ1n) is 8.20. The van der Waals surface area contributed by atoms with E-state index in [0.717, 1.165) is 0 Å². The largest absolute Gasteiger partial charge is 0.481 e. The fourth-order valence-electron chi connectivity index (χ4n) is 2.72. The second-order valence-electron chi connectivity index (χ2n) is 5.90. The van der Waals surface area contributed by atoms with E-state index in [-0.39, 0.29) is 29.2 Å². The zero-order valence-electron chi connectivity index (χ0n) is 14.3. The van der Waals surface area contributed by atoms with Crippen LogP contribution in [-0.2, 0) is 6.61 Å². The van der Waals surface area contributed by atoms with Crippen LogP contribution < -0.4 is 10.2 Å². The molecule has 2 aromatic heterocycles. The van der Waals surface area contributed by atoms with Gasteiger partial charge in [-0.3, -0.25) is 14.9 Å². The Kier molecular flexibility index (Phi) is 4.70. The highest BCUT2D eigenvalue weighted by Gasteiger charge is 2.20. The van der Waals surface area contributed by atoms with Crippen LogP contribution in [0.25, 0.3) is 22.5 Å². The molecule has 0 fully saturated rings. The molecule has 0 bridgehead atoms. The average molecular weight is 442 g/mol. The fourth-order valence-corrected chi connectivity index (χ4v) is 3.03. The van der Waals surface area contributed by atoms with Gasteiger partial charge in [0.25, 0.3) is 5.69 Å². The van der Waals surface area contributed by atoms with E-state index in [2.05, 4.69) is 15.9 Å². The van der Waals surface area contributed by atoms with Crippen molar-refractivity contribution in [2.75, 3.05) is 0 Å². The van der Waals surface area contributed by atoms with Gasteiger partial charge in [-0.1, -0.05) is 12.1 Å². The summed E-state index contributed by atoms with van der Waals surface area (Å²) in [6, 6.07) is 16.1. The molecule has 0 aliphatic carbocycles. The summed E-state index contributed by atoms with van der Waals surface area (Å²) < 4.78 is 17.7. The SMILES string of the molecule is O=c1c(OCc2ccc([N+](=O)[O-])cc2)c(-c2ccc(Br)o2)oc2ccccc12. The number of ether oxygens (including phenoxy) is 1. The van der Waals surface area contributed by atoms with Crippen molar-refractivity contribution < 1.29 is 18.5 Å². The van der Waals surface area contributed by atoms with Gasteiger partial charge in [0, 0.05) is 12.1 Å². The maximum Gasteiger partial charge on any atom is 0.269 e. The summed E-state index contributed by atoms with van der Waals surface area (Å²) in [6.45, 7) is 0.0377. The summed E-state index contributed by atoms with van der Waals surface area (Å²) in [5.41, 5.74) is 0.740. The summed E-state index contributed by atoms with van der Waals surface area (Å²) >= 11 is 3.23. The van der Waals surface area contributed by atoms with E-state index >= 15 is 0 Å². The molecule has 0 radical (unpaired) electrons. The minimum Gasteiger partial charge on any atom is -0.481 e. The van der Waals surface area contributed by atoms with Gasteiger partial charge < -0.3 is 13.6 Å². The molecule has 0 spiro atoms. The third-order valence-corrected chi connectivity index (χ3v) is 4.51. The van der Waals surface area contributed by atoms with Crippen molar-refractivity contribution in [2.45, 2.75) is 6.61 Å². The fraction of sp³-hybridized carbons (Fsp3) is 0.0500. The topological polar surface area (TPSA) is 95.7 Å². The van der Waals surface area contributed by atoms with E-state index < -0.39 is 4.92 Å². The van der Waals surface area contributed by atoms with Crippen molar-refractivity contribution in [3.05, 3.63) is 91.2 Å². The molecule has 0 amide bonds. The van der Waals surface area contributed by atoms with Crippen LogP contribution in [0, 0.1) is 10.1 Å². The second kappa shape index (κ2) is 7.32. The monoisotopic (exact) mass is 441 g/mol. The molecular weight excluding hydrogens is 430 g/mol. The molecule has 4 aromatic rings. The Morgan fingerprint density at radius 2 is 1.75 bits per heavy atom. The maximum atomic E-state index is 13.0. The van der Waals surface area contributed by atoms with Gasteiger partial charge in [0.05, 0.1) is 10.3 Å². The molecule has 0 aliphatic heterocycles. The van der Waals surface area contributed by atoms with E-state index in [0.29, 0.717) is 27.0 Å². The van der Waals surface area contributed by atoms with Gasteiger partial charge in [-0.25, -0.2) is 0 Å². The van der Waals surface area contributed by atoms with Crippen molar-refractivity contribution in [3.63, 3.8) is 0 Å². The molecule has 4 rings (SSSR count). The number of non-ortho nitro benzene ring substituents is 1. The van der Waals surface area contributed by atoms with Gasteiger partial charge in [0.2, 0.25) is 16.9 Å². The molecule has 0 aliphatic rings. The van der Waals surface area contributed by atoms with E-state index in [1.54, 1.807) is 48.5 Å². The molecule has 2 heterocycles. The lowest BCUT2D eigenvalue weighted by Crippen LogP contribution is -2.10. The van der Waals surface area contributed by atoms with Crippen molar-refractivity contribution in [3.8, 4) is 17.3 Å². The van der Waals surface area contributed by atoms with Gasteiger partial charge in [-0.2, -0.15) is 0 Å². The maximum absolute atomic E-state index is 13.0. The molecular formula is C20H12BrNO6. The number of hydrogen-bond donors (Lipinski definition) is 0. The van der Waals surface area contributed by atoms with E-state index in [4.69, 9.17) is 13.6 Å². The molecule has 28 heavy (non-hydrogen) atoms. The van der Waals surface area contributed by atoms with E-state index in [1.165, 1.54) is 12.1 Å². The van der Waals surface area contributed by atoms with Crippen LogP contribution in [0.5, 0.6) is 5.75 Å². The molecule has 2 aromatic carbocycles. The first-order valence-corrected chi connectivity index (χ1v) is 9.00. The van der Waals surface area contributed by atoms with Crippen LogP contribution >= 0.6 is 15.9 Å². The van der Waals surface area contributed by atoms with Crippen molar-refractivity contribution in [2.24, 2.45) is 0 Å². The predicted molar refractivity (Wildman–Crippen MR) is 105 cm³/mol. The third kappa shape index (κ3) is 3.41. The first kappa shape index (κ1) is 18.0. The highest BCUT2D eigenvalue weighted by Crippen LogP contribution is 2.33. The Hall–Kier alpha value is -3.39. The van der Waals surface area contributed by atoms with Crippen LogP contribution in [0.4, 0.5) is 5.69 Å². The lowest BCUT2D eigenvalue weighted by Gasteiger charge is -2.10. The van der Waals surface area contributed by atoms with Crippen molar-refractivity contribution in [1.29, 1.82) is 0 Å². The summed E-state index contributed by atoms with van der Waals surface area (Å²) in [5.74, 6) is 0.531. The highest BCUT2D eigenvalue weighted by atomic mass is 79.9. The Balaban J connectivity index is 1.75. The van der Waals surface area contributed by atoms with Gasteiger partial charge in [-0.15, -0.1) is 0 Å². The van der Waals surface area contributed by atoms with E-state index in [9.17, 15) is 14.9 Å². The average Bonchev–Trinajstić information content (AvgIpc) is 3.13. The lowest BCUT2D eigenvalue weighted by atomic mass is 10.2. The highest BCUT2D eigenvalue weighted by molar-refractivity contribution is 9.10. The quantitative estimate of drug-likeness (QED) is 0.307. The smallest absolute Gasteiger partial charge is 0.269 e. The van der Waals surface area contributed by atoms with Crippen LogP contribution in [0.1, 0.15) is 5.56 Å². The summed E-state index contributed by atoms with van der Waals surface area (Å²) in [5, 5.41) is 11.2. The molecule has 0 unspecified atom stereocenters. The molecule has 0 saturated heterocycles. The first-order chi connectivity index (χ1) is 13.5. The zero-order chi connectivity index (χ0) is 19.7. The molecule has 8 heteroatoms. The van der Waals surface area contributed by atoms with Crippen LogP contribution in [0.3, 0.4) is 0 Å². The second-order valence-corrected chi connectivity index (χ2v) is 6.68. The number of fused-ring (bicyclic) bond motifs is 1. The summed E-state index contributed by atoms with van der Waals surface area (Å²) in [4.78, 5) is 23.3. The number of nitrogens with zero attached hydrogens (tertiary/aromatic N) is 1. The molecule has 140 valence electrons. The van der Waals surface area contributed by atoms with E-state index in [1.807, 2.05) is 0 Å². The minimum absolute atomic E-state index is 0.0129. The number of para-hydroxylation sites is 1. The Labute approximate surface area is 166 Å². The minimum atomic E-state index is -0.477. The number of furan rings is 1. The van der Waals surface area contributed by atoms with Crippen LogP contribution in [0.15, 0.2) is 79.0 Å². The van der Waals surface area contributed by atoms with Crippen molar-refractivity contribution in [1.82, 2.24) is 0 Å². The number of benzene rings is 2. The number of nitro groups is 1. The number of halogens is 1. The molecule has 0 atom stereocenters. The number of rotatable bonds is 5. The van der Waals surface area contributed by atoms with Crippen LogP contribution in [-0.4, -0.2) is 4.92 Å². The summed E-state index contributed by atoms with van der Waals surface area (Å²) in [6.07, 6.45) is 0. The third-order valence-electron chi connectivity index (χ3n) is 4.08. The summed E-state index contributed by atoms with van der Waals surface area (Å²) in [7, 11) is 0. The van der Waals surface area contributed by atoms with Crippen molar-refractivity contribution >= 4 is 32.6 Å². The van der Waals surface area contributed by atoms with Gasteiger partial charge in [0.15, 0.2) is 10.4 Å². The normalized spacial score (nSPS) is 10.9. The molecule has 7 nitrogen and oxygen atoms in total. The van der Waals surface area contributed by atoms with Gasteiger partial charge >= 0.3 is 0 Å². The van der Waals surface area contributed by atoms with Gasteiger partial charge in [0.1, 0.15) is 12.2 Å². The molecule has 0 saturated carbocycles. The number of hydrogen-bond acceptors (Lipinski definition) is 6. The number of nitro benzene ring substituents is 1. The molecule has 0 N–H and O–H groups in total. The van der Waals surface area contributed by atoms with Gasteiger partial charge in [-0.05, 0) is 57.9 Å². The predicted octanol–water partition coefficient (Wildman–Crippen LogP) is 5.30.